The van der Waals surface area contributed by atoms with E-state index in [2.05, 4.69) is 37.9 Å². The molecule has 0 amide bonds. The van der Waals surface area contributed by atoms with E-state index in [1.807, 2.05) is 6.07 Å². The van der Waals surface area contributed by atoms with Crippen molar-refractivity contribution in [1.29, 1.82) is 0 Å². The molecule has 1 aromatic rings. The van der Waals surface area contributed by atoms with Crippen molar-refractivity contribution in [2.45, 2.75) is 39.8 Å². The number of hydrogen-bond donors (Lipinski definition) is 1. The van der Waals surface area contributed by atoms with Crippen LogP contribution in [0.25, 0.3) is 0 Å². The number of methoxy groups -OCH3 is 1. The number of hydrogen-bond acceptors (Lipinski definition) is 3. The Kier molecular flexibility index (Phi) is 6.96. The highest BCUT2D eigenvalue weighted by molar-refractivity contribution is 5.30. The van der Waals surface area contributed by atoms with Gasteiger partial charge in [0.15, 0.2) is 11.6 Å². The molecule has 0 aliphatic rings. The first-order chi connectivity index (χ1) is 9.51. The fourth-order valence-electron chi connectivity index (χ4n) is 2.40. The van der Waals surface area contributed by atoms with Crippen LogP contribution < -0.4 is 10.1 Å². The van der Waals surface area contributed by atoms with Crippen LogP contribution in [0.4, 0.5) is 4.39 Å². The van der Waals surface area contributed by atoms with Crippen molar-refractivity contribution in [3.63, 3.8) is 0 Å². The van der Waals surface area contributed by atoms with E-state index < -0.39 is 0 Å². The Morgan fingerprint density at radius 1 is 1.25 bits per heavy atom. The first kappa shape index (κ1) is 16.9. The van der Waals surface area contributed by atoms with Crippen LogP contribution >= 0.6 is 0 Å². The number of nitrogens with one attached hydrogen (secondary N) is 1. The van der Waals surface area contributed by atoms with E-state index in [9.17, 15) is 4.39 Å². The highest BCUT2D eigenvalue weighted by atomic mass is 19.1. The third-order valence-corrected chi connectivity index (χ3v) is 3.64. The molecule has 0 bridgehead atoms. The first-order valence-electron chi connectivity index (χ1n) is 7.33. The number of rotatable bonds is 8. The molecule has 0 spiro atoms. The van der Waals surface area contributed by atoms with Gasteiger partial charge in [0.1, 0.15) is 0 Å². The number of benzene rings is 1. The third-order valence-electron chi connectivity index (χ3n) is 3.64. The van der Waals surface area contributed by atoms with Crippen molar-refractivity contribution in [3.05, 3.63) is 29.6 Å². The van der Waals surface area contributed by atoms with Crippen molar-refractivity contribution < 1.29 is 9.13 Å². The molecule has 2 unspecified atom stereocenters. The monoisotopic (exact) mass is 282 g/mol. The van der Waals surface area contributed by atoms with Crippen LogP contribution in [0.2, 0.25) is 0 Å². The second-order valence-corrected chi connectivity index (χ2v) is 5.17. The van der Waals surface area contributed by atoms with Crippen LogP contribution in [0.15, 0.2) is 18.2 Å². The van der Waals surface area contributed by atoms with Gasteiger partial charge in [0, 0.05) is 18.6 Å². The van der Waals surface area contributed by atoms with E-state index in [0.717, 1.165) is 25.2 Å². The van der Waals surface area contributed by atoms with Crippen molar-refractivity contribution in [3.8, 4) is 5.75 Å². The summed E-state index contributed by atoms with van der Waals surface area (Å²) in [7, 11) is 1.48. The van der Waals surface area contributed by atoms with E-state index in [-0.39, 0.29) is 17.6 Å². The smallest absolute Gasteiger partial charge is 0.165 e. The molecule has 0 fully saturated rings. The summed E-state index contributed by atoms with van der Waals surface area (Å²) >= 11 is 0. The fourth-order valence-corrected chi connectivity index (χ4v) is 2.40. The molecule has 0 aromatic heterocycles. The number of halogens is 1. The SMILES string of the molecule is CCN(CC)CC(C)NC(C)c1ccc(OC)c(F)c1. The zero-order valence-electron chi connectivity index (χ0n) is 13.2. The van der Waals surface area contributed by atoms with Crippen LogP contribution in [0.5, 0.6) is 5.75 Å². The van der Waals surface area contributed by atoms with Gasteiger partial charge >= 0.3 is 0 Å². The number of nitrogens with zero attached hydrogens (tertiary/aromatic N) is 1. The molecule has 0 saturated carbocycles. The van der Waals surface area contributed by atoms with Gasteiger partial charge in [-0.25, -0.2) is 4.39 Å². The molecular weight excluding hydrogens is 255 g/mol. The van der Waals surface area contributed by atoms with Gasteiger partial charge in [-0.2, -0.15) is 0 Å². The quantitative estimate of drug-likeness (QED) is 0.792. The van der Waals surface area contributed by atoms with Crippen LogP contribution in [0.3, 0.4) is 0 Å². The highest BCUT2D eigenvalue weighted by Crippen LogP contribution is 2.21. The minimum atomic E-state index is -0.310. The third kappa shape index (κ3) is 4.76. The summed E-state index contributed by atoms with van der Waals surface area (Å²) in [6.45, 7) is 11.6. The Bertz CT molecular complexity index is 407. The summed E-state index contributed by atoms with van der Waals surface area (Å²) in [5.74, 6) is -0.0211. The summed E-state index contributed by atoms with van der Waals surface area (Å²) in [6.07, 6.45) is 0. The maximum Gasteiger partial charge on any atom is 0.165 e. The summed E-state index contributed by atoms with van der Waals surface area (Å²) in [4.78, 5) is 2.37. The van der Waals surface area contributed by atoms with Gasteiger partial charge in [0.2, 0.25) is 0 Å². The van der Waals surface area contributed by atoms with E-state index in [1.54, 1.807) is 12.1 Å². The van der Waals surface area contributed by atoms with E-state index >= 15 is 0 Å². The fraction of sp³-hybridized carbons (Fsp3) is 0.625. The maximum atomic E-state index is 13.7. The second kappa shape index (κ2) is 8.22. The molecule has 1 N–H and O–H groups in total. The van der Waals surface area contributed by atoms with Gasteiger partial charge < -0.3 is 15.0 Å². The molecule has 114 valence electrons. The summed E-state index contributed by atoms with van der Waals surface area (Å²) < 4.78 is 18.6. The van der Waals surface area contributed by atoms with Crippen molar-refractivity contribution >= 4 is 0 Å². The zero-order valence-corrected chi connectivity index (χ0v) is 13.2. The minimum absolute atomic E-state index is 0.112. The number of likely N-dealkylation sites (N-methyl/N-ethyl adjacent to an activating group) is 1. The van der Waals surface area contributed by atoms with E-state index in [0.29, 0.717) is 6.04 Å². The molecule has 0 saturated heterocycles. The molecular formula is C16H27FN2O. The Balaban J connectivity index is 2.61. The van der Waals surface area contributed by atoms with Crippen LogP contribution in [-0.2, 0) is 0 Å². The van der Waals surface area contributed by atoms with E-state index in [4.69, 9.17) is 4.74 Å². The zero-order chi connectivity index (χ0) is 15.1. The lowest BCUT2D eigenvalue weighted by atomic mass is 10.1. The molecule has 0 radical (unpaired) electrons. The Morgan fingerprint density at radius 3 is 2.40 bits per heavy atom. The molecule has 3 nitrogen and oxygen atoms in total. The largest absolute Gasteiger partial charge is 0.494 e. The lowest BCUT2D eigenvalue weighted by molar-refractivity contribution is 0.263. The first-order valence-corrected chi connectivity index (χ1v) is 7.33. The Hall–Kier alpha value is -1.13. The summed E-state index contributed by atoms with van der Waals surface area (Å²) in [6, 6.07) is 5.60. The number of ether oxygens (including phenoxy) is 1. The molecule has 1 aromatic carbocycles. The van der Waals surface area contributed by atoms with E-state index in [1.165, 1.54) is 7.11 Å². The Labute approximate surface area is 122 Å². The predicted molar refractivity (Wildman–Crippen MR) is 81.8 cm³/mol. The van der Waals surface area contributed by atoms with Crippen molar-refractivity contribution in [2.75, 3.05) is 26.7 Å². The lowest BCUT2D eigenvalue weighted by Crippen LogP contribution is -2.40. The van der Waals surface area contributed by atoms with Gasteiger partial charge in [0.25, 0.3) is 0 Å². The summed E-state index contributed by atoms with van der Waals surface area (Å²) in [5.41, 5.74) is 0.940. The molecule has 0 heterocycles. The maximum absolute atomic E-state index is 13.7. The standard InChI is InChI=1S/C16H27FN2O/c1-6-19(7-2)11-12(3)18-13(4)14-8-9-16(20-5)15(17)10-14/h8-10,12-13,18H,6-7,11H2,1-5H3. The predicted octanol–water partition coefficient (Wildman–Crippen LogP) is 3.22. The molecule has 20 heavy (non-hydrogen) atoms. The molecule has 0 aliphatic carbocycles. The second-order valence-electron chi connectivity index (χ2n) is 5.17. The average molecular weight is 282 g/mol. The van der Waals surface area contributed by atoms with Gasteiger partial charge in [-0.1, -0.05) is 19.9 Å². The van der Waals surface area contributed by atoms with Gasteiger partial charge in [-0.05, 0) is 44.6 Å². The molecule has 4 heteroatoms. The molecule has 2 atom stereocenters. The highest BCUT2D eigenvalue weighted by Gasteiger charge is 2.13. The normalized spacial score (nSPS) is 14.3. The van der Waals surface area contributed by atoms with Crippen LogP contribution in [0, 0.1) is 5.82 Å². The lowest BCUT2D eigenvalue weighted by Gasteiger charge is -2.26. The topological polar surface area (TPSA) is 24.5 Å². The van der Waals surface area contributed by atoms with Gasteiger partial charge in [0.05, 0.1) is 7.11 Å². The Morgan fingerprint density at radius 2 is 1.90 bits per heavy atom. The summed E-state index contributed by atoms with van der Waals surface area (Å²) in [5, 5.41) is 3.51. The van der Waals surface area contributed by atoms with Gasteiger partial charge in [-0.15, -0.1) is 0 Å². The van der Waals surface area contributed by atoms with Gasteiger partial charge in [-0.3, -0.25) is 0 Å². The average Bonchev–Trinajstić information content (AvgIpc) is 2.44. The van der Waals surface area contributed by atoms with Crippen molar-refractivity contribution in [2.24, 2.45) is 0 Å². The van der Waals surface area contributed by atoms with Crippen molar-refractivity contribution in [1.82, 2.24) is 10.2 Å². The minimum Gasteiger partial charge on any atom is -0.494 e. The van der Waals surface area contributed by atoms with Crippen LogP contribution in [0.1, 0.15) is 39.3 Å². The molecule has 0 aliphatic heterocycles. The molecule has 1 rings (SSSR count). The van der Waals surface area contributed by atoms with Crippen LogP contribution in [-0.4, -0.2) is 37.7 Å².